The Hall–Kier alpha value is -1.15. The van der Waals surface area contributed by atoms with Gasteiger partial charge in [-0.05, 0) is 12.3 Å². The Morgan fingerprint density at radius 3 is 2.25 bits per heavy atom. The highest BCUT2D eigenvalue weighted by Gasteiger charge is 2.35. The van der Waals surface area contributed by atoms with Crippen LogP contribution in [0.4, 0.5) is 0 Å². The van der Waals surface area contributed by atoms with Crippen molar-refractivity contribution in [2.75, 3.05) is 6.61 Å². The van der Waals surface area contributed by atoms with Crippen LogP contribution in [0.5, 0.6) is 0 Å². The molecule has 0 radical (unpaired) electrons. The lowest BCUT2D eigenvalue weighted by atomic mass is 10.0. The number of carboxylic acids is 1. The van der Waals surface area contributed by atoms with Crippen molar-refractivity contribution in [2.24, 2.45) is 5.92 Å². The van der Waals surface area contributed by atoms with Crippen LogP contribution >= 0.6 is 0 Å². The Kier molecular flexibility index (Phi) is 8.40. The molecular weight excluding hydrogens is 288 g/mol. The van der Waals surface area contributed by atoms with Gasteiger partial charge in [0.15, 0.2) is 5.25 Å². The van der Waals surface area contributed by atoms with E-state index in [9.17, 15) is 18.0 Å². The number of aliphatic carboxylic acids is 1. The van der Waals surface area contributed by atoms with E-state index in [1.54, 1.807) is 0 Å². The van der Waals surface area contributed by atoms with Crippen molar-refractivity contribution in [3.8, 4) is 0 Å². The first-order valence-electron chi connectivity index (χ1n) is 6.57. The summed E-state index contributed by atoms with van der Waals surface area (Å²) < 4.78 is 35.7. The lowest BCUT2D eigenvalue weighted by Crippen LogP contribution is -2.34. The summed E-state index contributed by atoms with van der Waals surface area (Å²) in [6.07, 6.45) is 2.56. The second-order valence-corrected chi connectivity index (χ2v) is 6.25. The first-order chi connectivity index (χ1) is 9.22. The first kappa shape index (κ1) is 18.9. The van der Waals surface area contributed by atoms with Crippen molar-refractivity contribution >= 4 is 22.1 Å². The third kappa shape index (κ3) is 7.44. The molecule has 2 unspecified atom stereocenters. The largest absolute Gasteiger partial charge is 0.481 e. The minimum absolute atomic E-state index is 0.0287. The Balaban J connectivity index is 4.57. The second-order valence-electron chi connectivity index (χ2n) is 4.65. The van der Waals surface area contributed by atoms with Crippen molar-refractivity contribution in [3.05, 3.63) is 0 Å². The maximum absolute atomic E-state index is 11.6. The molecule has 0 heterocycles. The van der Waals surface area contributed by atoms with Crippen molar-refractivity contribution in [1.29, 1.82) is 0 Å². The molecule has 0 aromatic rings. The molecule has 8 heteroatoms. The monoisotopic (exact) mass is 310 g/mol. The molecule has 20 heavy (non-hydrogen) atoms. The number of carbonyl (C=O) groups is 2. The molecule has 0 aliphatic carbocycles. The fraction of sp³-hybridized carbons (Fsp3) is 0.833. The van der Waals surface area contributed by atoms with E-state index in [2.05, 4.69) is 0 Å². The van der Waals surface area contributed by atoms with Gasteiger partial charge in [-0.15, -0.1) is 0 Å². The molecule has 0 rings (SSSR count). The number of hydrogen-bond acceptors (Lipinski definition) is 5. The highest BCUT2D eigenvalue weighted by molar-refractivity contribution is 7.87. The van der Waals surface area contributed by atoms with Gasteiger partial charge >= 0.3 is 11.9 Å². The van der Waals surface area contributed by atoms with Crippen LogP contribution in [-0.4, -0.2) is 41.9 Å². The fourth-order valence-electron chi connectivity index (χ4n) is 1.66. The van der Waals surface area contributed by atoms with Crippen LogP contribution in [0.1, 0.15) is 46.0 Å². The normalized spacial score (nSPS) is 14.6. The van der Waals surface area contributed by atoms with E-state index in [0.29, 0.717) is 0 Å². The van der Waals surface area contributed by atoms with E-state index >= 15 is 0 Å². The lowest BCUT2D eigenvalue weighted by molar-refractivity contribution is -0.148. The van der Waals surface area contributed by atoms with Gasteiger partial charge in [0.25, 0.3) is 10.1 Å². The first-order valence-corrected chi connectivity index (χ1v) is 8.07. The van der Waals surface area contributed by atoms with Gasteiger partial charge in [-0.1, -0.05) is 33.1 Å². The summed E-state index contributed by atoms with van der Waals surface area (Å²) >= 11 is 0. The number of carboxylic acid groups (broad SMARTS) is 1. The van der Waals surface area contributed by atoms with Gasteiger partial charge in [-0.3, -0.25) is 14.1 Å². The van der Waals surface area contributed by atoms with Crippen LogP contribution in [0, 0.1) is 5.92 Å². The van der Waals surface area contributed by atoms with Gasteiger partial charge in [-0.2, -0.15) is 8.42 Å². The maximum Gasteiger partial charge on any atom is 0.327 e. The Morgan fingerprint density at radius 1 is 1.25 bits per heavy atom. The van der Waals surface area contributed by atoms with Crippen LogP contribution in [0.15, 0.2) is 0 Å². The van der Waals surface area contributed by atoms with E-state index in [0.717, 1.165) is 25.7 Å². The molecule has 0 saturated carbocycles. The Morgan fingerprint density at radius 2 is 1.85 bits per heavy atom. The summed E-state index contributed by atoms with van der Waals surface area (Å²) in [5, 5.41) is 6.49. The van der Waals surface area contributed by atoms with Crippen molar-refractivity contribution in [2.45, 2.75) is 51.2 Å². The summed E-state index contributed by atoms with van der Waals surface area (Å²) in [5.41, 5.74) is 0. The summed E-state index contributed by atoms with van der Waals surface area (Å²) in [6, 6.07) is 0. The molecule has 118 valence electrons. The van der Waals surface area contributed by atoms with E-state index in [1.807, 2.05) is 13.8 Å². The van der Waals surface area contributed by atoms with Crippen LogP contribution in [0.3, 0.4) is 0 Å². The van der Waals surface area contributed by atoms with Gasteiger partial charge < -0.3 is 9.84 Å². The smallest absolute Gasteiger partial charge is 0.327 e. The minimum Gasteiger partial charge on any atom is -0.481 e. The number of hydrogen-bond donors (Lipinski definition) is 2. The standard InChI is InChI=1S/C12H22O7S/c1-3-5-6-9(4-2)8-19-12(15)10(7-11(13)14)20(16,17)18/h9-10H,3-8H2,1-2H3,(H,13,14)(H,16,17,18). The zero-order valence-electron chi connectivity index (χ0n) is 11.7. The molecule has 7 nitrogen and oxygen atoms in total. The third-order valence-corrected chi connectivity index (χ3v) is 4.07. The highest BCUT2D eigenvalue weighted by Crippen LogP contribution is 2.15. The quantitative estimate of drug-likeness (QED) is 0.463. The van der Waals surface area contributed by atoms with Crippen LogP contribution in [0.25, 0.3) is 0 Å². The molecule has 0 aromatic heterocycles. The predicted molar refractivity (Wildman–Crippen MR) is 71.9 cm³/mol. The van der Waals surface area contributed by atoms with Gasteiger partial charge in [0.05, 0.1) is 13.0 Å². The average Bonchev–Trinajstić information content (AvgIpc) is 2.34. The lowest BCUT2D eigenvalue weighted by Gasteiger charge is -2.16. The van der Waals surface area contributed by atoms with Crippen LogP contribution in [-0.2, 0) is 24.4 Å². The number of esters is 1. The molecule has 0 aliphatic rings. The van der Waals surface area contributed by atoms with E-state index in [-0.39, 0.29) is 12.5 Å². The van der Waals surface area contributed by atoms with Gasteiger partial charge in [0.1, 0.15) is 0 Å². The highest BCUT2D eigenvalue weighted by atomic mass is 32.2. The predicted octanol–water partition coefficient (Wildman–Crippen LogP) is 1.48. The molecule has 0 aliphatic heterocycles. The number of rotatable bonds is 10. The van der Waals surface area contributed by atoms with E-state index < -0.39 is 33.7 Å². The molecule has 0 fully saturated rings. The van der Waals surface area contributed by atoms with Crippen LogP contribution < -0.4 is 0 Å². The van der Waals surface area contributed by atoms with Gasteiger partial charge in [-0.25, -0.2) is 0 Å². The zero-order valence-corrected chi connectivity index (χ0v) is 12.6. The van der Waals surface area contributed by atoms with E-state index in [1.165, 1.54) is 0 Å². The van der Waals surface area contributed by atoms with E-state index in [4.69, 9.17) is 14.4 Å². The average molecular weight is 310 g/mol. The molecule has 0 saturated heterocycles. The third-order valence-electron chi connectivity index (χ3n) is 2.99. The summed E-state index contributed by atoms with van der Waals surface area (Å²) in [7, 11) is -4.79. The molecule has 0 spiro atoms. The zero-order chi connectivity index (χ0) is 15.8. The number of ether oxygens (including phenoxy) is 1. The summed E-state index contributed by atoms with van der Waals surface area (Å²) in [6.45, 7) is 3.98. The molecule has 2 N–H and O–H groups in total. The molecular formula is C12H22O7S. The SMILES string of the molecule is CCCCC(CC)COC(=O)C(CC(=O)O)S(=O)(=O)O. The molecule has 2 atom stereocenters. The van der Waals surface area contributed by atoms with Crippen molar-refractivity contribution in [3.63, 3.8) is 0 Å². The fourth-order valence-corrected chi connectivity index (χ4v) is 2.32. The van der Waals surface area contributed by atoms with Gasteiger partial charge in [0.2, 0.25) is 0 Å². The molecule has 0 aromatic carbocycles. The van der Waals surface area contributed by atoms with Gasteiger partial charge in [0, 0.05) is 0 Å². The van der Waals surface area contributed by atoms with Crippen molar-refractivity contribution in [1.82, 2.24) is 0 Å². The summed E-state index contributed by atoms with van der Waals surface area (Å²) in [4.78, 5) is 22.1. The number of carbonyl (C=O) groups excluding carboxylic acids is 1. The van der Waals surface area contributed by atoms with Crippen molar-refractivity contribution < 1.29 is 32.4 Å². The molecule has 0 bridgehead atoms. The Bertz CT molecular complexity index is 416. The topological polar surface area (TPSA) is 118 Å². The number of unbranched alkanes of at least 4 members (excludes halogenated alkanes) is 1. The Labute approximate surface area is 119 Å². The summed E-state index contributed by atoms with van der Waals surface area (Å²) in [5.74, 6) is -2.61. The second kappa shape index (κ2) is 8.91. The minimum atomic E-state index is -4.79. The maximum atomic E-state index is 11.6. The molecule has 0 amide bonds. The van der Waals surface area contributed by atoms with Crippen LogP contribution in [0.2, 0.25) is 0 Å².